The topological polar surface area (TPSA) is 43.4 Å². The van der Waals surface area contributed by atoms with Gasteiger partial charge in [0.1, 0.15) is 11.5 Å². The van der Waals surface area contributed by atoms with Crippen LogP contribution in [0.25, 0.3) is 0 Å². The van der Waals surface area contributed by atoms with Gasteiger partial charge in [0, 0.05) is 0 Å². The monoisotopic (exact) mass is 242 g/mol. The highest BCUT2D eigenvalue weighted by molar-refractivity contribution is 6.02. The van der Waals surface area contributed by atoms with Gasteiger partial charge in [0.2, 0.25) is 0 Å². The van der Waals surface area contributed by atoms with Crippen molar-refractivity contribution in [1.29, 1.82) is 0 Å². The van der Waals surface area contributed by atoms with Crippen molar-refractivity contribution in [3.63, 3.8) is 0 Å². The van der Waals surface area contributed by atoms with Crippen LogP contribution in [0.2, 0.25) is 0 Å². The van der Waals surface area contributed by atoms with Gasteiger partial charge in [-0.2, -0.15) is 0 Å². The molecule has 0 atom stereocenters. The molecule has 0 amide bonds. The fourth-order valence-electron chi connectivity index (χ4n) is 2.98. The zero-order valence-electron chi connectivity index (χ0n) is 10.0. The van der Waals surface area contributed by atoms with E-state index in [4.69, 9.17) is 8.83 Å². The van der Waals surface area contributed by atoms with E-state index in [1.807, 2.05) is 24.3 Å². The lowest BCUT2D eigenvalue weighted by Gasteiger charge is -2.18. The summed E-state index contributed by atoms with van der Waals surface area (Å²) in [5, 5.41) is 0. The molecule has 2 aromatic heterocycles. The van der Waals surface area contributed by atoms with Gasteiger partial charge >= 0.3 is 0 Å². The van der Waals surface area contributed by atoms with Crippen molar-refractivity contribution in [3.8, 4) is 0 Å². The normalized spacial score (nSPS) is 22.7. The van der Waals surface area contributed by atoms with E-state index in [9.17, 15) is 4.79 Å². The summed E-state index contributed by atoms with van der Waals surface area (Å²) < 4.78 is 10.9. The molecule has 2 heterocycles. The van der Waals surface area contributed by atoms with Crippen molar-refractivity contribution in [2.24, 2.45) is 0 Å². The molecule has 92 valence electrons. The minimum atomic E-state index is -0.368. The van der Waals surface area contributed by atoms with Gasteiger partial charge in [0.15, 0.2) is 5.78 Å². The molecular weight excluding hydrogens is 228 g/mol. The largest absolute Gasteiger partial charge is 0.468 e. The summed E-state index contributed by atoms with van der Waals surface area (Å²) in [6, 6.07) is 7.55. The van der Waals surface area contributed by atoms with Gasteiger partial charge in [-0.3, -0.25) is 4.79 Å². The Labute approximate surface area is 105 Å². The van der Waals surface area contributed by atoms with E-state index in [1.165, 1.54) is 0 Å². The number of rotatable bonds is 4. The molecule has 0 bridgehead atoms. The Hall–Kier alpha value is -1.77. The van der Waals surface area contributed by atoms with Gasteiger partial charge < -0.3 is 8.83 Å². The Morgan fingerprint density at radius 3 is 1.61 bits per heavy atom. The predicted octanol–water partition coefficient (Wildman–Crippen LogP) is 3.21. The summed E-state index contributed by atoms with van der Waals surface area (Å²) in [6.07, 6.45) is 6.91. The first kappa shape index (κ1) is 10.2. The maximum atomic E-state index is 12.9. The van der Waals surface area contributed by atoms with Crippen molar-refractivity contribution < 1.29 is 13.6 Å². The number of carbonyl (C=O) groups is 1. The van der Waals surface area contributed by atoms with Gasteiger partial charge in [-0.15, -0.1) is 0 Å². The Kier molecular flexibility index (Phi) is 1.79. The molecule has 0 saturated heterocycles. The van der Waals surface area contributed by atoms with Crippen LogP contribution in [-0.4, -0.2) is 5.78 Å². The molecule has 2 aliphatic rings. The lowest BCUT2D eigenvalue weighted by molar-refractivity contribution is -0.124. The van der Waals surface area contributed by atoms with Crippen LogP contribution >= 0.6 is 0 Å². The fraction of sp³-hybridized carbons (Fsp3) is 0.400. The van der Waals surface area contributed by atoms with Crippen molar-refractivity contribution in [1.82, 2.24) is 0 Å². The summed E-state index contributed by atoms with van der Waals surface area (Å²) in [4.78, 5) is 12.9. The molecule has 0 N–H and O–H groups in total. The molecule has 18 heavy (non-hydrogen) atoms. The first-order valence-corrected chi connectivity index (χ1v) is 6.41. The smallest absolute Gasteiger partial charge is 0.160 e. The Morgan fingerprint density at radius 1 is 0.889 bits per heavy atom. The second-order valence-corrected chi connectivity index (χ2v) is 5.45. The third-order valence-electron chi connectivity index (χ3n) is 4.35. The van der Waals surface area contributed by atoms with Crippen LogP contribution in [0.1, 0.15) is 37.2 Å². The molecule has 2 aromatic rings. The molecule has 2 saturated carbocycles. The van der Waals surface area contributed by atoms with Crippen LogP contribution in [0, 0.1) is 0 Å². The molecule has 4 rings (SSSR count). The van der Waals surface area contributed by atoms with Crippen LogP contribution in [0.3, 0.4) is 0 Å². The highest BCUT2D eigenvalue weighted by Gasteiger charge is 2.65. The van der Waals surface area contributed by atoms with Crippen LogP contribution in [-0.2, 0) is 15.6 Å². The number of carbonyl (C=O) groups excluding carboxylic acids is 1. The highest BCUT2D eigenvalue weighted by Crippen LogP contribution is 2.60. The zero-order valence-corrected chi connectivity index (χ0v) is 10.0. The van der Waals surface area contributed by atoms with Crippen LogP contribution in [0.5, 0.6) is 0 Å². The Morgan fingerprint density at radius 2 is 1.33 bits per heavy atom. The average Bonchev–Trinajstić information content (AvgIpc) is 3.25. The third-order valence-corrected chi connectivity index (χ3v) is 4.35. The molecule has 3 heteroatoms. The second-order valence-electron chi connectivity index (χ2n) is 5.45. The lowest BCUT2D eigenvalue weighted by Crippen LogP contribution is -2.32. The van der Waals surface area contributed by atoms with Crippen molar-refractivity contribution >= 4 is 5.78 Å². The molecule has 0 aliphatic heterocycles. The number of Topliss-reactive ketones (excluding diaryl/α,β-unsaturated/α-hetero) is 1. The molecule has 2 aliphatic carbocycles. The van der Waals surface area contributed by atoms with E-state index in [1.54, 1.807) is 12.5 Å². The number of ketones is 1. The van der Waals surface area contributed by atoms with Crippen LogP contribution < -0.4 is 0 Å². The Balaban J connectivity index is 1.73. The average molecular weight is 242 g/mol. The SMILES string of the molecule is O=C(C1(c2ccco2)CC1)C1(c2ccco2)CC1. The maximum Gasteiger partial charge on any atom is 0.160 e. The summed E-state index contributed by atoms with van der Waals surface area (Å²) in [5.41, 5.74) is -0.737. The number of furan rings is 2. The van der Waals surface area contributed by atoms with Gasteiger partial charge in [-0.05, 0) is 49.9 Å². The Bertz CT molecular complexity index is 517. The second kappa shape index (κ2) is 3.16. The standard InChI is InChI=1S/C15H14O3/c16-13(14(5-6-14)11-3-1-9-17-11)15(7-8-15)12-4-2-10-18-12/h1-4,9-10H,5-8H2. The molecule has 3 nitrogen and oxygen atoms in total. The van der Waals surface area contributed by atoms with Gasteiger partial charge in [0.05, 0.1) is 23.4 Å². The van der Waals surface area contributed by atoms with Crippen molar-refractivity contribution in [3.05, 3.63) is 48.3 Å². The summed E-state index contributed by atoms with van der Waals surface area (Å²) in [5.74, 6) is 1.94. The van der Waals surface area contributed by atoms with E-state index >= 15 is 0 Å². The van der Waals surface area contributed by atoms with E-state index < -0.39 is 0 Å². The summed E-state index contributed by atoms with van der Waals surface area (Å²) in [6.45, 7) is 0. The first-order chi connectivity index (χ1) is 8.78. The fourth-order valence-corrected chi connectivity index (χ4v) is 2.98. The van der Waals surface area contributed by atoms with Gasteiger partial charge in [-0.1, -0.05) is 0 Å². The molecule has 0 unspecified atom stereocenters. The van der Waals surface area contributed by atoms with Crippen molar-refractivity contribution in [2.75, 3.05) is 0 Å². The quantitative estimate of drug-likeness (QED) is 0.826. The molecule has 0 spiro atoms. The minimum absolute atomic E-state index is 0.292. The zero-order chi connectivity index (χ0) is 12.2. The molecule has 0 aromatic carbocycles. The van der Waals surface area contributed by atoms with Crippen LogP contribution in [0.4, 0.5) is 0 Å². The maximum absolute atomic E-state index is 12.9. The van der Waals surface area contributed by atoms with E-state index in [0.717, 1.165) is 37.2 Å². The lowest BCUT2D eigenvalue weighted by atomic mass is 9.84. The third kappa shape index (κ3) is 1.17. The van der Waals surface area contributed by atoms with Gasteiger partial charge in [0.25, 0.3) is 0 Å². The molecule has 2 fully saturated rings. The minimum Gasteiger partial charge on any atom is -0.468 e. The van der Waals surface area contributed by atoms with E-state index in [2.05, 4.69) is 0 Å². The predicted molar refractivity (Wildman–Crippen MR) is 64.2 cm³/mol. The highest BCUT2D eigenvalue weighted by atomic mass is 16.3. The summed E-state index contributed by atoms with van der Waals surface area (Å²) >= 11 is 0. The number of hydrogen-bond acceptors (Lipinski definition) is 3. The molecular formula is C15H14O3. The van der Waals surface area contributed by atoms with Crippen LogP contribution in [0.15, 0.2) is 45.6 Å². The number of hydrogen-bond donors (Lipinski definition) is 0. The van der Waals surface area contributed by atoms with Gasteiger partial charge in [-0.25, -0.2) is 0 Å². The first-order valence-electron chi connectivity index (χ1n) is 6.41. The van der Waals surface area contributed by atoms with Crippen molar-refractivity contribution in [2.45, 2.75) is 36.5 Å². The van der Waals surface area contributed by atoms with E-state index in [-0.39, 0.29) is 10.8 Å². The van der Waals surface area contributed by atoms with E-state index in [0.29, 0.717) is 5.78 Å². The summed E-state index contributed by atoms with van der Waals surface area (Å²) in [7, 11) is 0. The molecule has 0 radical (unpaired) electrons.